The first-order valence-electron chi connectivity index (χ1n) is 2.91. The lowest BCUT2D eigenvalue weighted by Crippen LogP contribution is -2.19. The van der Waals surface area contributed by atoms with Crippen molar-refractivity contribution < 1.29 is 9.23 Å². The van der Waals surface area contributed by atoms with Gasteiger partial charge in [-0.3, -0.25) is 0 Å². The van der Waals surface area contributed by atoms with Crippen molar-refractivity contribution >= 4 is 6.21 Å². The summed E-state index contributed by atoms with van der Waals surface area (Å²) in [5.74, 6) is 0. The Balaban J connectivity index is 3.18. The standard InChI is InChI=1S/C6H11FN2O/c1-2-3-9-10-5-6(7)4-8/h2-3,6H,1,4-5,8H2. The van der Waals surface area contributed by atoms with Gasteiger partial charge >= 0.3 is 0 Å². The molecule has 0 aliphatic heterocycles. The summed E-state index contributed by atoms with van der Waals surface area (Å²) in [6.07, 6.45) is 1.64. The number of hydrogen-bond donors (Lipinski definition) is 1. The second-order valence-corrected chi connectivity index (χ2v) is 1.62. The molecule has 0 aliphatic rings. The van der Waals surface area contributed by atoms with E-state index >= 15 is 0 Å². The largest absolute Gasteiger partial charge is 0.393 e. The number of nitrogens with two attached hydrogens (primary N) is 1. The number of allylic oxidation sites excluding steroid dienone is 1. The third kappa shape index (κ3) is 5.24. The molecule has 0 aromatic heterocycles. The van der Waals surface area contributed by atoms with E-state index in [1.807, 2.05) is 0 Å². The quantitative estimate of drug-likeness (QED) is 0.452. The molecule has 4 heteroatoms. The topological polar surface area (TPSA) is 47.6 Å². The summed E-state index contributed by atoms with van der Waals surface area (Å²) in [5.41, 5.74) is 4.96. The molecular formula is C6H11FN2O. The van der Waals surface area contributed by atoms with Gasteiger partial charge in [0.1, 0.15) is 12.8 Å². The Bertz CT molecular complexity index is 116. The lowest BCUT2D eigenvalue weighted by molar-refractivity contribution is 0.0911. The minimum absolute atomic E-state index is 0.0381. The van der Waals surface area contributed by atoms with Crippen molar-refractivity contribution in [1.82, 2.24) is 0 Å². The van der Waals surface area contributed by atoms with Gasteiger partial charge in [-0.25, -0.2) is 4.39 Å². The number of halogens is 1. The monoisotopic (exact) mass is 146 g/mol. The predicted molar refractivity (Wildman–Crippen MR) is 38.6 cm³/mol. The van der Waals surface area contributed by atoms with E-state index in [0.717, 1.165) is 0 Å². The van der Waals surface area contributed by atoms with E-state index < -0.39 is 6.17 Å². The van der Waals surface area contributed by atoms with Gasteiger partial charge in [0.2, 0.25) is 0 Å². The van der Waals surface area contributed by atoms with E-state index in [1.54, 1.807) is 0 Å². The fourth-order valence-corrected chi connectivity index (χ4v) is 0.278. The van der Waals surface area contributed by atoms with Crippen molar-refractivity contribution in [2.75, 3.05) is 13.2 Å². The third-order valence-corrected chi connectivity index (χ3v) is 0.752. The van der Waals surface area contributed by atoms with Crippen LogP contribution in [0.2, 0.25) is 0 Å². The summed E-state index contributed by atoms with van der Waals surface area (Å²) in [7, 11) is 0. The Morgan fingerprint density at radius 2 is 2.50 bits per heavy atom. The molecule has 0 heterocycles. The average molecular weight is 146 g/mol. The highest BCUT2D eigenvalue weighted by Gasteiger charge is 2.01. The molecule has 0 saturated heterocycles. The third-order valence-electron chi connectivity index (χ3n) is 0.752. The molecule has 0 rings (SSSR count). The molecule has 0 aromatic rings. The minimum Gasteiger partial charge on any atom is -0.393 e. The molecule has 58 valence electrons. The van der Waals surface area contributed by atoms with Gasteiger partial charge in [-0.2, -0.15) is 0 Å². The predicted octanol–water partition coefficient (Wildman–Crippen LogP) is 0.472. The molecule has 0 aliphatic carbocycles. The van der Waals surface area contributed by atoms with Crippen LogP contribution in [-0.2, 0) is 4.84 Å². The maximum atomic E-state index is 12.2. The highest BCUT2D eigenvalue weighted by molar-refractivity contribution is 5.69. The zero-order valence-corrected chi connectivity index (χ0v) is 5.66. The fourth-order valence-electron chi connectivity index (χ4n) is 0.278. The van der Waals surface area contributed by atoms with Gasteiger partial charge in [-0.1, -0.05) is 11.7 Å². The normalized spacial score (nSPS) is 13.4. The first-order valence-corrected chi connectivity index (χ1v) is 2.91. The van der Waals surface area contributed by atoms with Gasteiger partial charge in [0.05, 0.1) is 6.21 Å². The Hall–Kier alpha value is -0.900. The SMILES string of the molecule is C=CC=NOCC(F)CN. The first kappa shape index (κ1) is 9.10. The number of alkyl halides is 1. The van der Waals surface area contributed by atoms with Gasteiger partial charge in [0.15, 0.2) is 0 Å². The van der Waals surface area contributed by atoms with Crippen molar-refractivity contribution in [3.8, 4) is 0 Å². The second kappa shape index (κ2) is 6.22. The molecule has 0 amide bonds. The molecule has 1 unspecified atom stereocenters. The molecule has 2 N–H and O–H groups in total. The Morgan fingerprint density at radius 1 is 1.80 bits per heavy atom. The van der Waals surface area contributed by atoms with Crippen LogP contribution in [0.25, 0.3) is 0 Å². The maximum Gasteiger partial charge on any atom is 0.149 e. The number of oxime groups is 1. The average Bonchev–Trinajstić information content (AvgIpc) is 1.98. The van der Waals surface area contributed by atoms with Gasteiger partial charge in [-0.05, 0) is 6.08 Å². The maximum absolute atomic E-state index is 12.2. The van der Waals surface area contributed by atoms with Crippen LogP contribution in [-0.4, -0.2) is 25.5 Å². The van der Waals surface area contributed by atoms with Crippen LogP contribution in [0.1, 0.15) is 0 Å². The molecule has 10 heavy (non-hydrogen) atoms. The van der Waals surface area contributed by atoms with E-state index in [2.05, 4.69) is 16.6 Å². The van der Waals surface area contributed by atoms with Crippen LogP contribution in [0.3, 0.4) is 0 Å². The van der Waals surface area contributed by atoms with Gasteiger partial charge < -0.3 is 10.6 Å². The Kier molecular flexibility index (Phi) is 5.66. The van der Waals surface area contributed by atoms with Crippen LogP contribution in [0.5, 0.6) is 0 Å². The molecule has 1 atom stereocenters. The summed E-state index contributed by atoms with van der Waals surface area (Å²) in [5, 5.41) is 3.34. The highest BCUT2D eigenvalue weighted by Crippen LogP contribution is 1.88. The lowest BCUT2D eigenvalue weighted by Gasteiger charge is -2.00. The Labute approximate surface area is 59.3 Å². The lowest BCUT2D eigenvalue weighted by atomic mass is 10.4. The van der Waals surface area contributed by atoms with Gasteiger partial charge in [0.25, 0.3) is 0 Å². The number of rotatable bonds is 5. The van der Waals surface area contributed by atoms with E-state index in [-0.39, 0.29) is 13.2 Å². The molecule has 0 bridgehead atoms. The summed E-state index contributed by atoms with van der Waals surface area (Å²) in [4.78, 5) is 4.47. The van der Waals surface area contributed by atoms with Crippen LogP contribution in [0, 0.1) is 0 Å². The van der Waals surface area contributed by atoms with Crippen molar-refractivity contribution in [2.45, 2.75) is 6.17 Å². The molecule has 0 saturated carbocycles. The van der Waals surface area contributed by atoms with Gasteiger partial charge in [-0.15, -0.1) is 0 Å². The van der Waals surface area contributed by atoms with E-state index in [1.165, 1.54) is 12.3 Å². The number of hydrogen-bond acceptors (Lipinski definition) is 3. The van der Waals surface area contributed by atoms with Crippen molar-refractivity contribution in [3.63, 3.8) is 0 Å². The smallest absolute Gasteiger partial charge is 0.149 e. The van der Waals surface area contributed by atoms with Crippen molar-refractivity contribution in [3.05, 3.63) is 12.7 Å². The van der Waals surface area contributed by atoms with Gasteiger partial charge in [0, 0.05) is 6.54 Å². The van der Waals surface area contributed by atoms with Crippen molar-refractivity contribution in [1.29, 1.82) is 0 Å². The molecule has 0 aromatic carbocycles. The Morgan fingerprint density at radius 3 is 3.00 bits per heavy atom. The number of nitrogens with zero attached hydrogens (tertiary/aromatic N) is 1. The van der Waals surface area contributed by atoms with E-state index in [4.69, 9.17) is 5.73 Å². The van der Waals surface area contributed by atoms with Crippen molar-refractivity contribution in [2.24, 2.45) is 10.9 Å². The molecular weight excluding hydrogens is 135 g/mol. The fraction of sp³-hybridized carbons (Fsp3) is 0.500. The summed E-state index contributed by atoms with van der Waals surface area (Å²) in [6.45, 7) is 3.22. The van der Waals surface area contributed by atoms with Crippen LogP contribution >= 0.6 is 0 Å². The minimum atomic E-state index is -1.14. The summed E-state index contributed by atoms with van der Waals surface area (Å²) >= 11 is 0. The summed E-state index contributed by atoms with van der Waals surface area (Å²) in [6, 6.07) is 0. The van der Waals surface area contributed by atoms with E-state index in [0.29, 0.717) is 0 Å². The van der Waals surface area contributed by atoms with Crippen LogP contribution in [0.4, 0.5) is 4.39 Å². The molecule has 0 radical (unpaired) electrons. The zero-order chi connectivity index (χ0) is 7.82. The molecule has 0 spiro atoms. The first-order chi connectivity index (χ1) is 4.81. The van der Waals surface area contributed by atoms with E-state index in [9.17, 15) is 4.39 Å². The summed E-state index contributed by atoms with van der Waals surface area (Å²) < 4.78 is 12.2. The van der Waals surface area contributed by atoms with Crippen LogP contribution in [0.15, 0.2) is 17.8 Å². The van der Waals surface area contributed by atoms with Crippen LogP contribution < -0.4 is 5.73 Å². The molecule has 3 nitrogen and oxygen atoms in total. The zero-order valence-electron chi connectivity index (χ0n) is 5.66. The highest BCUT2D eigenvalue weighted by atomic mass is 19.1. The molecule has 0 fully saturated rings. The second-order valence-electron chi connectivity index (χ2n) is 1.62.